The number of aldehydes is 1. The van der Waals surface area contributed by atoms with Crippen LogP contribution in [-0.4, -0.2) is 24.6 Å². The molecule has 0 spiro atoms. The third-order valence-corrected chi connectivity index (χ3v) is 3.57. The summed E-state index contributed by atoms with van der Waals surface area (Å²) in [7, 11) is 0. The molecule has 0 unspecified atom stereocenters. The van der Waals surface area contributed by atoms with Crippen molar-refractivity contribution in [2.24, 2.45) is 0 Å². The van der Waals surface area contributed by atoms with E-state index in [0.717, 1.165) is 0 Å². The first kappa shape index (κ1) is 17.3. The van der Waals surface area contributed by atoms with Gasteiger partial charge < -0.3 is 4.74 Å². The molecule has 0 saturated carbocycles. The molecule has 0 bridgehead atoms. The largest absolute Gasteiger partial charge is 0.461 e. The van der Waals surface area contributed by atoms with Crippen LogP contribution in [0.2, 0.25) is 0 Å². The molecule has 0 amide bonds. The molecule has 0 aliphatic carbocycles. The summed E-state index contributed by atoms with van der Waals surface area (Å²) in [6, 6.07) is 16.0. The van der Waals surface area contributed by atoms with Crippen molar-refractivity contribution >= 4 is 18.0 Å². The monoisotopic (exact) mass is 322 g/mol. The van der Waals surface area contributed by atoms with E-state index in [1.807, 2.05) is 18.2 Å². The fourth-order valence-corrected chi connectivity index (χ4v) is 2.21. The molecule has 1 atom stereocenters. The lowest BCUT2D eigenvalue weighted by molar-refractivity contribution is -0.143. The van der Waals surface area contributed by atoms with E-state index in [1.54, 1.807) is 43.3 Å². The highest BCUT2D eigenvalue weighted by Gasteiger charge is 2.18. The highest BCUT2D eigenvalue weighted by Crippen LogP contribution is 2.20. The van der Waals surface area contributed by atoms with Crippen LogP contribution in [0.25, 0.3) is 0 Å². The van der Waals surface area contributed by atoms with Crippen molar-refractivity contribution in [3.63, 3.8) is 0 Å². The van der Waals surface area contributed by atoms with Crippen LogP contribution in [0.1, 0.15) is 34.3 Å². The number of ether oxygens (including phenoxy) is 1. The van der Waals surface area contributed by atoms with Crippen LogP contribution in [0.3, 0.4) is 0 Å². The summed E-state index contributed by atoms with van der Waals surface area (Å²) in [4.78, 5) is 34.7. The lowest BCUT2D eigenvalue weighted by atomic mass is 9.96. The number of allylic oxidation sites excluding steroid dienone is 1. The van der Waals surface area contributed by atoms with Gasteiger partial charge in [0.2, 0.25) is 0 Å². The predicted molar refractivity (Wildman–Crippen MR) is 90.9 cm³/mol. The Hall–Kier alpha value is -3.01. The molecular formula is C20H18O4. The molecule has 2 rings (SSSR count). The van der Waals surface area contributed by atoms with E-state index in [4.69, 9.17) is 4.74 Å². The van der Waals surface area contributed by atoms with E-state index >= 15 is 0 Å². The molecule has 2 aromatic rings. The van der Waals surface area contributed by atoms with E-state index in [9.17, 15) is 14.4 Å². The van der Waals surface area contributed by atoms with Gasteiger partial charge in [-0.15, -0.1) is 0 Å². The second kappa shape index (κ2) is 8.58. The second-order valence-electron chi connectivity index (χ2n) is 5.24. The zero-order chi connectivity index (χ0) is 17.4. The number of rotatable bonds is 7. The van der Waals surface area contributed by atoms with Gasteiger partial charge in [-0.05, 0) is 30.7 Å². The summed E-state index contributed by atoms with van der Waals surface area (Å²) in [5.74, 6) is -1.00. The Morgan fingerprint density at radius 2 is 1.75 bits per heavy atom. The maximum absolute atomic E-state index is 12.5. The fraction of sp³-hybridized carbons (Fsp3) is 0.150. The lowest BCUT2D eigenvalue weighted by Gasteiger charge is -2.12. The quantitative estimate of drug-likeness (QED) is 0.339. The van der Waals surface area contributed by atoms with Gasteiger partial charge >= 0.3 is 5.97 Å². The Morgan fingerprint density at radius 1 is 1.04 bits per heavy atom. The number of esters is 1. The summed E-state index contributed by atoms with van der Waals surface area (Å²) >= 11 is 0. The van der Waals surface area contributed by atoms with E-state index in [0.29, 0.717) is 23.0 Å². The van der Waals surface area contributed by atoms with Crippen LogP contribution in [0, 0.1) is 0 Å². The summed E-state index contributed by atoms with van der Waals surface area (Å²) in [5, 5.41) is 0. The average Bonchev–Trinajstić information content (AvgIpc) is 2.64. The molecule has 0 heterocycles. The highest BCUT2D eigenvalue weighted by atomic mass is 16.5. The van der Waals surface area contributed by atoms with E-state index in [1.165, 1.54) is 12.2 Å². The Bertz CT molecular complexity index is 747. The van der Waals surface area contributed by atoms with Crippen LogP contribution in [0.15, 0.2) is 66.7 Å². The molecule has 24 heavy (non-hydrogen) atoms. The number of hydrogen-bond donors (Lipinski definition) is 0. The molecule has 0 radical (unpaired) electrons. The van der Waals surface area contributed by atoms with E-state index < -0.39 is 11.9 Å². The van der Waals surface area contributed by atoms with Gasteiger partial charge in [0.15, 0.2) is 5.78 Å². The van der Waals surface area contributed by atoms with Crippen molar-refractivity contribution < 1.29 is 19.1 Å². The fourth-order valence-electron chi connectivity index (χ4n) is 2.21. The minimum atomic E-state index is -0.502. The van der Waals surface area contributed by atoms with E-state index in [-0.39, 0.29) is 12.4 Å². The normalized spacial score (nSPS) is 11.9. The van der Waals surface area contributed by atoms with E-state index in [2.05, 4.69) is 0 Å². The first-order valence-electron chi connectivity index (χ1n) is 7.60. The molecule has 0 fully saturated rings. The van der Waals surface area contributed by atoms with Gasteiger partial charge in [0.05, 0.1) is 5.92 Å². The summed E-state index contributed by atoms with van der Waals surface area (Å²) in [5.41, 5.74) is 1.84. The maximum Gasteiger partial charge on any atom is 0.313 e. The Morgan fingerprint density at radius 3 is 2.46 bits per heavy atom. The highest BCUT2D eigenvalue weighted by molar-refractivity contribution is 6.09. The van der Waals surface area contributed by atoms with Crippen LogP contribution < -0.4 is 0 Å². The maximum atomic E-state index is 12.5. The van der Waals surface area contributed by atoms with Crippen molar-refractivity contribution in [2.45, 2.75) is 12.8 Å². The molecule has 122 valence electrons. The van der Waals surface area contributed by atoms with Crippen molar-refractivity contribution in [1.82, 2.24) is 0 Å². The van der Waals surface area contributed by atoms with Crippen LogP contribution in [0.5, 0.6) is 0 Å². The van der Waals surface area contributed by atoms with Gasteiger partial charge in [-0.3, -0.25) is 14.4 Å². The van der Waals surface area contributed by atoms with Crippen molar-refractivity contribution in [3.8, 4) is 0 Å². The molecule has 4 nitrogen and oxygen atoms in total. The number of ketones is 1. The average molecular weight is 322 g/mol. The zero-order valence-electron chi connectivity index (χ0n) is 13.3. The topological polar surface area (TPSA) is 60.4 Å². The van der Waals surface area contributed by atoms with Gasteiger partial charge in [0.25, 0.3) is 0 Å². The van der Waals surface area contributed by atoms with Crippen molar-refractivity contribution in [2.75, 3.05) is 6.61 Å². The summed E-state index contributed by atoms with van der Waals surface area (Å²) < 4.78 is 5.08. The predicted octanol–water partition coefficient (Wildman–Crippen LogP) is 3.32. The standard InChI is InChI=1S/C20H18O4/c1-15(20(23)24-13-6-5-12-21)17-10-7-11-18(14-17)19(22)16-8-3-2-4-9-16/h2-12,14-15H,13H2,1H3/b6-5+/t15-/m0/s1. The van der Waals surface area contributed by atoms with Gasteiger partial charge in [0.1, 0.15) is 12.9 Å². The number of carbonyl (C=O) groups is 3. The van der Waals surface area contributed by atoms with Gasteiger partial charge in [-0.2, -0.15) is 0 Å². The Balaban J connectivity index is 2.12. The van der Waals surface area contributed by atoms with Crippen LogP contribution in [0.4, 0.5) is 0 Å². The SMILES string of the molecule is C[C@H](C(=O)OC/C=C/C=O)c1cccc(C(=O)c2ccccc2)c1. The minimum Gasteiger partial charge on any atom is -0.461 e. The second-order valence-corrected chi connectivity index (χ2v) is 5.24. The first-order valence-corrected chi connectivity index (χ1v) is 7.60. The molecule has 0 aliphatic rings. The van der Waals surface area contributed by atoms with Gasteiger partial charge in [-0.1, -0.05) is 48.5 Å². The summed E-state index contributed by atoms with van der Waals surface area (Å²) in [6.45, 7) is 1.77. The lowest BCUT2D eigenvalue weighted by Crippen LogP contribution is -2.14. The number of carbonyl (C=O) groups excluding carboxylic acids is 3. The Labute approximate surface area is 140 Å². The van der Waals surface area contributed by atoms with Gasteiger partial charge in [-0.25, -0.2) is 0 Å². The number of hydrogen-bond acceptors (Lipinski definition) is 4. The van der Waals surface area contributed by atoms with Crippen molar-refractivity contribution in [3.05, 3.63) is 83.4 Å². The first-order chi connectivity index (χ1) is 11.6. The molecule has 0 aromatic heterocycles. The third kappa shape index (κ3) is 4.49. The smallest absolute Gasteiger partial charge is 0.313 e. The molecule has 0 saturated heterocycles. The van der Waals surface area contributed by atoms with Gasteiger partial charge in [0, 0.05) is 11.1 Å². The van der Waals surface area contributed by atoms with Crippen molar-refractivity contribution in [1.29, 1.82) is 0 Å². The molecular weight excluding hydrogens is 304 g/mol. The molecule has 2 aromatic carbocycles. The minimum absolute atomic E-state index is 0.0462. The number of benzene rings is 2. The molecule has 0 N–H and O–H groups in total. The molecule has 0 aliphatic heterocycles. The van der Waals surface area contributed by atoms with Crippen LogP contribution in [-0.2, 0) is 14.3 Å². The van der Waals surface area contributed by atoms with Crippen LogP contribution >= 0.6 is 0 Å². The third-order valence-electron chi connectivity index (χ3n) is 3.57. The summed E-state index contributed by atoms with van der Waals surface area (Å²) in [6.07, 6.45) is 3.36. The Kier molecular flexibility index (Phi) is 6.20. The molecule has 4 heteroatoms. The zero-order valence-corrected chi connectivity index (χ0v) is 13.3.